The fourth-order valence-corrected chi connectivity index (χ4v) is 4.82. The summed E-state index contributed by atoms with van der Waals surface area (Å²) in [7, 11) is 1.86. The zero-order chi connectivity index (χ0) is 28.7. The Morgan fingerprint density at radius 2 is 1.83 bits per heavy atom. The molecular weight excluding hydrogens is 518 g/mol. The molecule has 0 fully saturated rings. The zero-order valence-electron chi connectivity index (χ0n) is 22.5. The summed E-state index contributed by atoms with van der Waals surface area (Å²) in [6, 6.07) is 17.8. The molecule has 1 atom stereocenters. The second-order valence-corrected chi connectivity index (χ2v) is 9.58. The number of carbonyl (C=O) groups excluding carboxylic acids is 1. The average molecular weight is 544 g/mol. The van der Waals surface area contributed by atoms with Gasteiger partial charge in [-0.15, -0.1) is 14.8 Å². The van der Waals surface area contributed by atoms with Crippen LogP contribution in [-0.2, 0) is 7.05 Å². The topological polar surface area (TPSA) is 138 Å². The number of aryl methyl sites for hydroxylation is 1. The van der Waals surface area contributed by atoms with Crippen molar-refractivity contribution in [2.75, 3.05) is 5.73 Å². The lowest BCUT2D eigenvalue weighted by Gasteiger charge is -2.21. The van der Waals surface area contributed by atoms with Crippen LogP contribution in [0.25, 0.3) is 22.0 Å². The number of hydrogen-bond acceptors (Lipinski definition) is 7. The highest BCUT2D eigenvalue weighted by Crippen LogP contribution is 2.24. The van der Waals surface area contributed by atoms with Crippen molar-refractivity contribution in [1.29, 1.82) is 0 Å². The number of hydrogen-bond donors (Lipinski definition) is 2. The van der Waals surface area contributed by atoms with Gasteiger partial charge in [0.2, 0.25) is 0 Å². The van der Waals surface area contributed by atoms with Gasteiger partial charge in [-0.05, 0) is 54.8 Å². The Morgan fingerprint density at radius 1 is 1.05 bits per heavy atom. The van der Waals surface area contributed by atoms with E-state index in [9.17, 15) is 9.59 Å². The molecule has 41 heavy (non-hydrogen) atoms. The summed E-state index contributed by atoms with van der Waals surface area (Å²) in [6.45, 7) is 3.76. The first kappa shape index (κ1) is 25.5. The van der Waals surface area contributed by atoms with E-state index in [0.717, 1.165) is 11.3 Å². The van der Waals surface area contributed by atoms with Gasteiger partial charge in [0.15, 0.2) is 5.82 Å². The monoisotopic (exact) mass is 543 g/mol. The van der Waals surface area contributed by atoms with Crippen LogP contribution in [0.5, 0.6) is 0 Å². The largest absolute Gasteiger partial charge is 0.381 e. The number of pyridine rings is 1. The number of anilines is 1. The Balaban J connectivity index is 1.48. The Bertz CT molecular complexity index is 2080. The lowest BCUT2D eigenvalue weighted by Crippen LogP contribution is -2.32. The Labute approximate surface area is 234 Å². The standard InChI is InChI=1S/C30H25N9O2/c1-18(34-29(40)27-24-14-15-32-36-39(24)35-28(27)31)25-16-21-9-7-8-20(12-13-22-17-33-37(3)19(22)2)26(21)30(41)38(25)23-10-5-4-6-11-23/h4-11,14-18H,1-3H3,(H2,31,35)(H,34,40)/t18-/m0/s1. The predicted octanol–water partition coefficient (Wildman–Crippen LogP) is 2.94. The molecule has 2 aromatic carbocycles. The van der Waals surface area contributed by atoms with Crippen molar-refractivity contribution < 1.29 is 4.79 Å². The van der Waals surface area contributed by atoms with E-state index in [1.165, 1.54) is 10.8 Å². The molecule has 0 spiro atoms. The quantitative estimate of drug-likeness (QED) is 0.326. The number of aromatic nitrogens is 7. The van der Waals surface area contributed by atoms with Crippen LogP contribution in [0.4, 0.5) is 5.82 Å². The van der Waals surface area contributed by atoms with Crippen LogP contribution in [-0.4, -0.2) is 40.3 Å². The van der Waals surface area contributed by atoms with Crippen LogP contribution in [0.2, 0.25) is 0 Å². The SMILES string of the molecule is Cc1c(C#Cc2cccc3cc([C@H](C)NC(=O)c4c(N)nn5nnccc45)n(-c4ccccc4)c(=O)c23)cnn1C. The minimum absolute atomic E-state index is 0.0289. The third kappa shape index (κ3) is 4.47. The van der Waals surface area contributed by atoms with Crippen LogP contribution in [0.1, 0.15) is 45.8 Å². The lowest BCUT2D eigenvalue weighted by atomic mass is 10.0. The molecule has 4 aromatic heterocycles. The number of rotatable bonds is 4. The summed E-state index contributed by atoms with van der Waals surface area (Å²) in [5.74, 6) is 5.92. The highest BCUT2D eigenvalue weighted by molar-refractivity contribution is 6.05. The van der Waals surface area contributed by atoms with Gasteiger partial charge in [-0.25, -0.2) is 0 Å². The molecule has 0 bridgehead atoms. The number of benzene rings is 2. The molecule has 3 N–H and O–H groups in total. The van der Waals surface area contributed by atoms with Gasteiger partial charge >= 0.3 is 0 Å². The average Bonchev–Trinajstić information content (AvgIpc) is 3.49. The van der Waals surface area contributed by atoms with Crippen LogP contribution in [0.3, 0.4) is 0 Å². The summed E-state index contributed by atoms with van der Waals surface area (Å²) in [6.07, 6.45) is 3.17. The predicted molar refractivity (Wildman–Crippen MR) is 155 cm³/mol. The number of para-hydroxylation sites is 1. The maximum Gasteiger partial charge on any atom is 0.264 e. The van der Waals surface area contributed by atoms with Crippen molar-refractivity contribution in [3.8, 4) is 17.5 Å². The van der Waals surface area contributed by atoms with Crippen molar-refractivity contribution in [1.82, 2.24) is 39.7 Å². The molecule has 11 heteroatoms. The van der Waals surface area contributed by atoms with Crippen LogP contribution in [0.15, 0.2) is 77.9 Å². The van der Waals surface area contributed by atoms with E-state index in [-0.39, 0.29) is 16.9 Å². The van der Waals surface area contributed by atoms with Crippen molar-refractivity contribution >= 4 is 28.0 Å². The number of fused-ring (bicyclic) bond motifs is 2. The van der Waals surface area contributed by atoms with Gasteiger partial charge in [-0.2, -0.15) is 5.10 Å². The molecule has 0 radical (unpaired) electrons. The Hall–Kier alpha value is -5.76. The number of nitrogens with one attached hydrogen (secondary N) is 1. The van der Waals surface area contributed by atoms with E-state index in [0.29, 0.717) is 33.2 Å². The second-order valence-electron chi connectivity index (χ2n) is 9.58. The number of amides is 1. The first-order chi connectivity index (χ1) is 19.8. The van der Waals surface area contributed by atoms with E-state index in [2.05, 4.69) is 37.7 Å². The Kier molecular flexibility index (Phi) is 6.28. The van der Waals surface area contributed by atoms with Crippen LogP contribution >= 0.6 is 0 Å². The molecule has 11 nitrogen and oxygen atoms in total. The molecule has 0 saturated carbocycles. The number of nitrogens with zero attached hydrogens (tertiary/aromatic N) is 7. The van der Waals surface area contributed by atoms with E-state index in [4.69, 9.17) is 5.73 Å². The molecule has 0 saturated heterocycles. The van der Waals surface area contributed by atoms with Gasteiger partial charge in [0.1, 0.15) is 11.1 Å². The lowest BCUT2D eigenvalue weighted by molar-refractivity contribution is 0.0941. The molecule has 202 valence electrons. The van der Waals surface area contributed by atoms with Gasteiger partial charge in [0.05, 0.1) is 35.1 Å². The first-order valence-electron chi connectivity index (χ1n) is 12.8. The van der Waals surface area contributed by atoms with Crippen LogP contribution in [0, 0.1) is 18.8 Å². The Morgan fingerprint density at radius 3 is 2.59 bits per heavy atom. The number of nitrogens with two attached hydrogens (primary N) is 1. The normalized spacial score (nSPS) is 11.8. The smallest absolute Gasteiger partial charge is 0.264 e. The highest BCUT2D eigenvalue weighted by atomic mass is 16.2. The van der Waals surface area contributed by atoms with E-state index >= 15 is 0 Å². The molecule has 1 amide bonds. The van der Waals surface area contributed by atoms with E-state index < -0.39 is 11.9 Å². The summed E-state index contributed by atoms with van der Waals surface area (Å²) in [4.78, 5) is 27.6. The molecule has 6 rings (SSSR count). The van der Waals surface area contributed by atoms with Gasteiger partial charge < -0.3 is 11.1 Å². The van der Waals surface area contributed by atoms with E-state index in [1.807, 2.05) is 75.5 Å². The maximum absolute atomic E-state index is 14.2. The van der Waals surface area contributed by atoms with Crippen molar-refractivity contribution in [2.45, 2.75) is 19.9 Å². The summed E-state index contributed by atoms with van der Waals surface area (Å²) >= 11 is 0. The summed E-state index contributed by atoms with van der Waals surface area (Å²) in [5, 5.41) is 20.1. The molecular formula is C30H25N9O2. The molecule has 0 unspecified atom stereocenters. The third-order valence-electron chi connectivity index (χ3n) is 7.04. The molecule has 0 aliphatic rings. The van der Waals surface area contributed by atoms with Gasteiger partial charge in [-0.1, -0.05) is 42.2 Å². The first-order valence-corrected chi connectivity index (χ1v) is 12.8. The fourth-order valence-electron chi connectivity index (χ4n) is 4.82. The van der Waals surface area contributed by atoms with Gasteiger partial charge in [0.25, 0.3) is 11.5 Å². The molecule has 4 heterocycles. The minimum atomic E-state index is -0.586. The molecule has 0 aliphatic heterocycles. The zero-order valence-corrected chi connectivity index (χ0v) is 22.5. The maximum atomic E-state index is 14.2. The van der Waals surface area contributed by atoms with Crippen molar-refractivity contribution in [3.63, 3.8) is 0 Å². The van der Waals surface area contributed by atoms with Crippen LogP contribution < -0.4 is 16.6 Å². The van der Waals surface area contributed by atoms with Gasteiger partial charge in [0, 0.05) is 24.0 Å². The summed E-state index contributed by atoms with van der Waals surface area (Å²) in [5.41, 5.74) is 9.99. The molecule has 6 aromatic rings. The molecule has 0 aliphatic carbocycles. The summed E-state index contributed by atoms with van der Waals surface area (Å²) < 4.78 is 4.57. The van der Waals surface area contributed by atoms with Gasteiger partial charge in [-0.3, -0.25) is 18.8 Å². The number of nitrogen functional groups attached to an aromatic ring is 1. The van der Waals surface area contributed by atoms with Crippen molar-refractivity contribution in [3.05, 3.63) is 111 Å². The van der Waals surface area contributed by atoms with Crippen molar-refractivity contribution in [2.24, 2.45) is 7.05 Å². The number of carbonyl (C=O) groups is 1. The third-order valence-corrected chi connectivity index (χ3v) is 7.04. The van der Waals surface area contributed by atoms with E-state index in [1.54, 1.807) is 21.5 Å². The fraction of sp³-hybridized carbons (Fsp3) is 0.133. The second kappa shape index (κ2) is 10.1. The minimum Gasteiger partial charge on any atom is -0.381 e. The highest BCUT2D eigenvalue weighted by Gasteiger charge is 2.23.